The molecule has 0 spiro atoms. The normalized spacial score (nSPS) is 23.5. The summed E-state index contributed by atoms with van der Waals surface area (Å²) in [6.45, 7) is 2.96. The Bertz CT molecular complexity index is 358. The van der Waals surface area contributed by atoms with Crippen molar-refractivity contribution in [1.29, 1.82) is 0 Å². The minimum Gasteiger partial charge on any atom is -0.508 e. The SMILES string of the molecule is CC1CC1CNC(=O)c1ccc(O)cc1. The zero-order valence-electron chi connectivity index (χ0n) is 8.73. The van der Waals surface area contributed by atoms with E-state index in [0.717, 1.165) is 12.5 Å². The van der Waals surface area contributed by atoms with Crippen molar-refractivity contribution in [2.75, 3.05) is 6.54 Å². The number of rotatable bonds is 3. The lowest BCUT2D eigenvalue weighted by Crippen LogP contribution is -2.25. The smallest absolute Gasteiger partial charge is 0.251 e. The number of phenols is 1. The van der Waals surface area contributed by atoms with Gasteiger partial charge in [-0.1, -0.05) is 6.92 Å². The Morgan fingerprint density at radius 1 is 1.47 bits per heavy atom. The average molecular weight is 205 g/mol. The highest BCUT2D eigenvalue weighted by atomic mass is 16.3. The number of aromatic hydroxyl groups is 1. The number of nitrogens with one attached hydrogen (secondary N) is 1. The maximum absolute atomic E-state index is 11.6. The van der Waals surface area contributed by atoms with Crippen LogP contribution in [0.25, 0.3) is 0 Å². The van der Waals surface area contributed by atoms with Crippen LogP contribution in [-0.4, -0.2) is 17.6 Å². The van der Waals surface area contributed by atoms with E-state index in [4.69, 9.17) is 5.11 Å². The highest BCUT2D eigenvalue weighted by molar-refractivity contribution is 5.94. The third-order valence-electron chi connectivity index (χ3n) is 2.93. The van der Waals surface area contributed by atoms with Crippen LogP contribution in [0.3, 0.4) is 0 Å². The van der Waals surface area contributed by atoms with Crippen LogP contribution in [0, 0.1) is 11.8 Å². The number of phenolic OH excluding ortho intramolecular Hbond substituents is 1. The molecule has 1 fully saturated rings. The van der Waals surface area contributed by atoms with E-state index in [-0.39, 0.29) is 11.7 Å². The molecule has 2 rings (SSSR count). The van der Waals surface area contributed by atoms with Gasteiger partial charge in [-0.05, 0) is 42.5 Å². The van der Waals surface area contributed by atoms with Gasteiger partial charge in [0, 0.05) is 12.1 Å². The highest BCUT2D eigenvalue weighted by Crippen LogP contribution is 2.36. The largest absolute Gasteiger partial charge is 0.508 e. The second-order valence-electron chi connectivity index (χ2n) is 4.23. The number of amides is 1. The Morgan fingerprint density at radius 2 is 2.07 bits per heavy atom. The van der Waals surface area contributed by atoms with Crippen LogP contribution in [0.2, 0.25) is 0 Å². The van der Waals surface area contributed by atoms with Crippen LogP contribution >= 0.6 is 0 Å². The lowest BCUT2D eigenvalue weighted by molar-refractivity contribution is 0.0951. The Hall–Kier alpha value is -1.51. The van der Waals surface area contributed by atoms with Gasteiger partial charge >= 0.3 is 0 Å². The van der Waals surface area contributed by atoms with Gasteiger partial charge in [0.2, 0.25) is 0 Å². The van der Waals surface area contributed by atoms with Crippen LogP contribution in [0.5, 0.6) is 5.75 Å². The van der Waals surface area contributed by atoms with E-state index in [1.807, 2.05) is 0 Å². The minimum atomic E-state index is -0.0610. The van der Waals surface area contributed by atoms with Gasteiger partial charge in [-0.25, -0.2) is 0 Å². The van der Waals surface area contributed by atoms with Crippen LogP contribution in [0.1, 0.15) is 23.7 Å². The van der Waals surface area contributed by atoms with Gasteiger partial charge in [-0.2, -0.15) is 0 Å². The first-order chi connectivity index (χ1) is 7.16. The summed E-state index contributed by atoms with van der Waals surface area (Å²) in [5.74, 6) is 1.53. The molecular weight excluding hydrogens is 190 g/mol. The predicted molar refractivity (Wildman–Crippen MR) is 57.7 cm³/mol. The molecular formula is C12H15NO2. The molecule has 0 aromatic heterocycles. The first kappa shape index (κ1) is 10.0. The molecule has 0 aliphatic heterocycles. The maximum atomic E-state index is 11.6. The van der Waals surface area contributed by atoms with Crippen LogP contribution in [0.15, 0.2) is 24.3 Å². The summed E-state index contributed by atoms with van der Waals surface area (Å²) in [4.78, 5) is 11.6. The van der Waals surface area contributed by atoms with Crippen molar-refractivity contribution in [3.8, 4) is 5.75 Å². The number of carbonyl (C=O) groups excluding carboxylic acids is 1. The van der Waals surface area contributed by atoms with Gasteiger partial charge in [0.05, 0.1) is 0 Å². The van der Waals surface area contributed by atoms with Crippen molar-refractivity contribution in [3.63, 3.8) is 0 Å². The first-order valence-electron chi connectivity index (χ1n) is 5.24. The Kier molecular flexibility index (Phi) is 2.62. The van der Waals surface area contributed by atoms with E-state index in [0.29, 0.717) is 11.5 Å². The molecule has 0 heterocycles. The number of carbonyl (C=O) groups is 1. The molecule has 1 amide bonds. The lowest BCUT2D eigenvalue weighted by Gasteiger charge is -2.04. The molecule has 2 unspecified atom stereocenters. The highest BCUT2D eigenvalue weighted by Gasteiger charge is 2.32. The minimum absolute atomic E-state index is 0.0610. The van der Waals surface area contributed by atoms with Crippen molar-refractivity contribution in [2.45, 2.75) is 13.3 Å². The summed E-state index contributed by atoms with van der Waals surface area (Å²) < 4.78 is 0. The van der Waals surface area contributed by atoms with E-state index in [1.54, 1.807) is 12.1 Å². The summed E-state index contributed by atoms with van der Waals surface area (Å²) >= 11 is 0. The second-order valence-corrected chi connectivity index (χ2v) is 4.23. The molecule has 80 valence electrons. The number of hydrogen-bond acceptors (Lipinski definition) is 2. The molecule has 0 bridgehead atoms. The van der Waals surface area contributed by atoms with Crippen molar-refractivity contribution in [2.24, 2.45) is 11.8 Å². The van der Waals surface area contributed by atoms with Crippen molar-refractivity contribution in [3.05, 3.63) is 29.8 Å². The molecule has 1 aromatic rings. The molecule has 1 saturated carbocycles. The van der Waals surface area contributed by atoms with E-state index in [1.165, 1.54) is 18.6 Å². The van der Waals surface area contributed by atoms with E-state index in [2.05, 4.69) is 12.2 Å². The first-order valence-corrected chi connectivity index (χ1v) is 5.24. The van der Waals surface area contributed by atoms with Gasteiger partial charge in [-0.3, -0.25) is 4.79 Å². The molecule has 1 aliphatic carbocycles. The van der Waals surface area contributed by atoms with Gasteiger partial charge in [0.15, 0.2) is 0 Å². The topological polar surface area (TPSA) is 49.3 Å². The molecule has 1 aromatic carbocycles. The van der Waals surface area contributed by atoms with Gasteiger partial charge < -0.3 is 10.4 Å². The molecule has 2 N–H and O–H groups in total. The van der Waals surface area contributed by atoms with Gasteiger partial charge in [0.25, 0.3) is 5.91 Å². The zero-order valence-corrected chi connectivity index (χ0v) is 8.73. The quantitative estimate of drug-likeness (QED) is 0.790. The lowest BCUT2D eigenvalue weighted by atomic mass is 10.2. The summed E-state index contributed by atoms with van der Waals surface area (Å²) in [6, 6.07) is 6.30. The monoisotopic (exact) mass is 205 g/mol. The summed E-state index contributed by atoms with van der Waals surface area (Å²) in [5, 5.41) is 12.0. The van der Waals surface area contributed by atoms with E-state index < -0.39 is 0 Å². The molecule has 0 radical (unpaired) electrons. The third kappa shape index (κ3) is 2.49. The fraction of sp³-hybridized carbons (Fsp3) is 0.417. The molecule has 3 nitrogen and oxygen atoms in total. The average Bonchev–Trinajstić information content (AvgIpc) is 2.92. The van der Waals surface area contributed by atoms with E-state index in [9.17, 15) is 4.79 Å². The fourth-order valence-corrected chi connectivity index (χ4v) is 1.62. The van der Waals surface area contributed by atoms with Crippen LogP contribution < -0.4 is 5.32 Å². The Labute approximate surface area is 89.1 Å². The molecule has 2 atom stereocenters. The third-order valence-corrected chi connectivity index (χ3v) is 2.93. The maximum Gasteiger partial charge on any atom is 0.251 e. The van der Waals surface area contributed by atoms with Crippen molar-refractivity contribution >= 4 is 5.91 Å². The van der Waals surface area contributed by atoms with E-state index >= 15 is 0 Å². The number of benzene rings is 1. The van der Waals surface area contributed by atoms with Crippen molar-refractivity contribution in [1.82, 2.24) is 5.32 Å². The standard InChI is InChI=1S/C12H15NO2/c1-8-6-10(8)7-13-12(15)9-2-4-11(14)5-3-9/h2-5,8,10,14H,6-7H2,1H3,(H,13,15). The van der Waals surface area contributed by atoms with Gasteiger partial charge in [-0.15, -0.1) is 0 Å². The van der Waals surface area contributed by atoms with Crippen LogP contribution in [-0.2, 0) is 0 Å². The predicted octanol–water partition coefficient (Wildman–Crippen LogP) is 1.78. The molecule has 15 heavy (non-hydrogen) atoms. The number of hydrogen-bond donors (Lipinski definition) is 2. The fourth-order valence-electron chi connectivity index (χ4n) is 1.62. The summed E-state index contributed by atoms with van der Waals surface area (Å²) in [7, 11) is 0. The van der Waals surface area contributed by atoms with Crippen molar-refractivity contribution < 1.29 is 9.90 Å². The summed E-state index contributed by atoms with van der Waals surface area (Å²) in [6.07, 6.45) is 1.22. The summed E-state index contributed by atoms with van der Waals surface area (Å²) in [5.41, 5.74) is 0.598. The van der Waals surface area contributed by atoms with Crippen LogP contribution in [0.4, 0.5) is 0 Å². The molecule has 1 aliphatic rings. The second kappa shape index (κ2) is 3.93. The molecule has 3 heteroatoms. The zero-order chi connectivity index (χ0) is 10.8. The molecule has 0 saturated heterocycles. The van der Waals surface area contributed by atoms with Gasteiger partial charge in [0.1, 0.15) is 5.75 Å². The Balaban J connectivity index is 1.87. The Morgan fingerprint density at radius 3 is 2.60 bits per heavy atom.